The van der Waals surface area contributed by atoms with E-state index in [1.165, 1.54) is 36.0 Å². The Balaban J connectivity index is 1.83. The molecule has 1 atom stereocenters. The fraction of sp³-hybridized carbons (Fsp3) is 0.318. The van der Waals surface area contributed by atoms with Crippen LogP contribution in [0.25, 0.3) is 0 Å². The lowest BCUT2D eigenvalue weighted by Gasteiger charge is -2.26. The Morgan fingerprint density at radius 1 is 1.23 bits per heavy atom. The average Bonchev–Trinajstić information content (AvgIpc) is 3.18. The topological polar surface area (TPSA) is 102 Å². The van der Waals surface area contributed by atoms with E-state index in [1.807, 2.05) is 0 Å². The van der Waals surface area contributed by atoms with Crippen molar-refractivity contribution in [2.24, 2.45) is 7.05 Å². The predicted octanol–water partition coefficient (Wildman–Crippen LogP) is 3.01. The third kappa shape index (κ3) is 5.13. The highest BCUT2D eigenvalue weighted by atomic mass is 35.5. The Bertz CT molecular complexity index is 1340. The van der Waals surface area contributed by atoms with E-state index < -0.39 is 29.5 Å². The number of hydrogen-bond donors (Lipinski definition) is 2. The number of pyridine rings is 1. The van der Waals surface area contributed by atoms with Gasteiger partial charge in [-0.1, -0.05) is 23.7 Å². The molecule has 0 radical (unpaired) electrons. The number of benzene rings is 1. The zero-order valence-electron chi connectivity index (χ0n) is 18.4. The van der Waals surface area contributed by atoms with Crippen molar-refractivity contribution in [3.8, 4) is 5.75 Å². The minimum Gasteiger partial charge on any atom is -0.406 e. The highest BCUT2D eigenvalue weighted by Crippen LogP contribution is 2.40. The number of hydrogen-bond acceptors (Lipinski definition) is 7. The fourth-order valence-corrected chi connectivity index (χ4v) is 4.04. The second kappa shape index (κ2) is 9.62. The molecular weight excluding hydrogens is 491 g/mol. The van der Waals surface area contributed by atoms with E-state index in [9.17, 15) is 27.9 Å². The molecule has 0 amide bonds. The Morgan fingerprint density at radius 3 is 2.66 bits per heavy atom. The Hall–Kier alpha value is -3.51. The number of alkyl halides is 3. The molecule has 0 saturated carbocycles. The molecule has 186 valence electrons. The molecule has 4 rings (SSSR count). The van der Waals surface area contributed by atoms with Crippen molar-refractivity contribution < 1.29 is 23.0 Å². The van der Waals surface area contributed by atoms with Crippen LogP contribution in [0.1, 0.15) is 23.8 Å². The molecule has 1 aliphatic rings. The quantitative estimate of drug-likeness (QED) is 0.503. The molecule has 0 bridgehead atoms. The van der Waals surface area contributed by atoms with Gasteiger partial charge in [-0.2, -0.15) is 0 Å². The number of nitrogens with one attached hydrogen (secondary N) is 1. The van der Waals surface area contributed by atoms with Crippen LogP contribution < -0.4 is 26.2 Å². The van der Waals surface area contributed by atoms with Crippen molar-refractivity contribution in [3.63, 3.8) is 0 Å². The maximum atomic E-state index is 13.4. The number of halogens is 4. The number of fused-ring (bicyclic) bond motifs is 1. The van der Waals surface area contributed by atoms with Gasteiger partial charge < -0.3 is 20.1 Å². The Labute approximate surface area is 202 Å². The minimum atomic E-state index is -4.87. The molecule has 35 heavy (non-hydrogen) atoms. The van der Waals surface area contributed by atoms with Gasteiger partial charge in [0, 0.05) is 26.4 Å². The first kappa shape index (κ1) is 24.6. The zero-order valence-corrected chi connectivity index (χ0v) is 19.2. The lowest BCUT2D eigenvalue weighted by molar-refractivity contribution is -0.274. The molecule has 0 fully saturated rings. The largest absolute Gasteiger partial charge is 0.573 e. The van der Waals surface area contributed by atoms with Crippen LogP contribution in [-0.4, -0.2) is 32.2 Å². The van der Waals surface area contributed by atoms with Gasteiger partial charge in [0.15, 0.2) is 0 Å². The van der Waals surface area contributed by atoms with Crippen LogP contribution in [0.5, 0.6) is 5.75 Å². The molecule has 0 spiro atoms. The molecule has 1 aliphatic heterocycles. The smallest absolute Gasteiger partial charge is 0.406 e. The first-order chi connectivity index (χ1) is 16.6. The van der Waals surface area contributed by atoms with Crippen molar-refractivity contribution in [2.45, 2.75) is 32.0 Å². The fourth-order valence-electron chi connectivity index (χ4n) is 3.93. The summed E-state index contributed by atoms with van der Waals surface area (Å²) < 4.78 is 44.7. The average molecular weight is 512 g/mol. The maximum absolute atomic E-state index is 13.4. The normalized spacial score (nSPS) is 15.1. The maximum Gasteiger partial charge on any atom is 0.573 e. The van der Waals surface area contributed by atoms with E-state index in [2.05, 4.69) is 15.0 Å². The van der Waals surface area contributed by atoms with Crippen LogP contribution in [-0.2, 0) is 20.1 Å². The number of aromatic nitrogens is 3. The van der Waals surface area contributed by atoms with E-state index in [-0.39, 0.29) is 37.6 Å². The number of rotatable bonds is 7. The Kier molecular flexibility index (Phi) is 6.77. The van der Waals surface area contributed by atoms with Crippen molar-refractivity contribution in [2.75, 3.05) is 16.8 Å². The van der Waals surface area contributed by atoms with Crippen LogP contribution in [0.3, 0.4) is 0 Å². The molecule has 1 aromatic carbocycles. The van der Waals surface area contributed by atoms with Gasteiger partial charge in [-0.3, -0.25) is 18.9 Å². The van der Waals surface area contributed by atoms with E-state index in [4.69, 9.17) is 11.6 Å². The number of ether oxygens (including phenoxy) is 1. The second-order valence-electron chi connectivity index (χ2n) is 7.84. The molecule has 3 aromatic rings. The van der Waals surface area contributed by atoms with Crippen LogP contribution in [0, 0.1) is 0 Å². The molecule has 0 saturated heterocycles. The van der Waals surface area contributed by atoms with E-state index in [0.717, 1.165) is 4.57 Å². The van der Waals surface area contributed by atoms with E-state index in [1.54, 1.807) is 23.1 Å². The summed E-state index contributed by atoms with van der Waals surface area (Å²) in [6.07, 6.45) is -4.05. The van der Waals surface area contributed by atoms with E-state index in [0.29, 0.717) is 16.3 Å². The summed E-state index contributed by atoms with van der Waals surface area (Å²) >= 11 is 5.93. The molecule has 13 heteroatoms. The Morgan fingerprint density at radius 2 is 2.00 bits per heavy atom. The molecule has 2 aromatic heterocycles. The second-order valence-corrected chi connectivity index (χ2v) is 8.27. The van der Waals surface area contributed by atoms with Gasteiger partial charge in [0.25, 0.3) is 5.56 Å². The monoisotopic (exact) mass is 511 g/mol. The third-order valence-electron chi connectivity index (χ3n) is 5.47. The van der Waals surface area contributed by atoms with Gasteiger partial charge in [-0.25, -0.2) is 4.79 Å². The third-order valence-corrected chi connectivity index (χ3v) is 5.69. The van der Waals surface area contributed by atoms with Gasteiger partial charge in [-0.15, -0.1) is 13.2 Å². The summed E-state index contributed by atoms with van der Waals surface area (Å²) in [4.78, 5) is 32.1. The molecule has 0 aliphatic carbocycles. The molecule has 3 heterocycles. The van der Waals surface area contributed by atoms with Gasteiger partial charge >= 0.3 is 12.1 Å². The first-order valence-corrected chi connectivity index (χ1v) is 10.9. The first-order valence-electron chi connectivity index (χ1n) is 10.5. The van der Waals surface area contributed by atoms with Gasteiger partial charge in [0.2, 0.25) is 0 Å². The summed E-state index contributed by atoms with van der Waals surface area (Å²) in [5, 5.41) is 12.7. The minimum absolute atomic E-state index is 0.00188. The van der Waals surface area contributed by atoms with E-state index >= 15 is 0 Å². The van der Waals surface area contributed by atoms with Gasteiger partial charge in [-0.05, 0) is 36.2 Å². The van der Waals surface area contributed by atoms with Crippen molar-refractivity contribution in [1.82, 2.24) is 14.1 Å². The number of nitrogens with zero attached hydrogens (tertiary/aromatic N) is 4. The number of aliphatic hydroxyl groups is 1. The van der Waals surface area contributed by atoms with Gasteiger partial charge in [0.1, 0.15) is 23.4 Å². The van der Waals surface area contributed by atoms with Crippen molar-refractivity contribution in [3.05, 3.63) is 79.7 Å². The molecule has 9 nitrogen and oxygen atoms in total. The lowest BCUT2D eigenvalue weighted by atomic mass is 10.1. The van der Waals surface area contributed by atoms with Crippen LogP contribution >= 0.6 is 11.6 Å². The van der Waals surface area contributed by atoms with Crippen LogP contribution in [0.15, 0.2) is 52.2 Å². The highest BCUT2D eigenvalue weighted by Gasteiger charge is 2.37. The highest BCUT2D eigenvalue weighted by molar-refractivity contribution is 6.30. The lowest BCUT2D eigenvalue weighted by Crippen LogP contribution is -2.41. The van der Waals surface area contributed by atoms with Crippen LogP contribution in [0.4, 0.5) is 24.7 Å². The van der Waals surface area contributed by atoms with Gasteiger partial charge in [0.05, 0.1) is 17.3 Å². The van der Waals surface area contributed by atoms with Crippen molar-refractivity contribution >= 4 is 23.1 Å². The SMILES string of the molecule is Cn1c2c(c(=O)n(CCCO)c1=O)N(Cc1ccc(Cl)cn1)C(c1cccc(OC(F)(F)F)c1)N2. The molecule has 2 N–H and O–H groups in total. The summed E-state index contributed by atoms with van der Waals surface area (Å²) in [6.45, 7) is -0.126. The summed E-state index contributed by atoms with van der Waals surface area (Å²) in [7, 11) is 1.48. The number of aliphatic hydroxyl groups excluding tert-OH is 1. The summed E-state index contributed by atoms with van der Waals surface area (Å²) in [5.74, 6) is -0.215. The number of anilines is 2. The zero-order chi connectivity index (χ0) is 25.3. The molecule has 1 unspecified atom stereocenters. The standard InChI is InChI=1S/C22H21ClF3N5O4/c1-29-19-17(20(33)30(21(29)34)8-3-9-32)31(12-15-7-6-14(23)11-27-15)18(28-19)13-4-2-5-16(10-13)35-22(24,25)26/h2,4-7,10-11,18,28,32H,3,8-9,12H2,1H3. The summed E-state index contributed by atoms with van der Waals surface area (Å²) in [6, 6.07) is 8.65. The molecular formula is C22H21ClF3N5O4. The summed E-state index contributed by atoms with van der Waals surface area (Å²) in [5.41, 5.74) is -0.135. The van der Waals surface area contributed by atoms with Crippen LogP contribution in [0.2, 0.25) is 5.02 Å². The van der Waals surface area contributed by atoms with Crippen molar-refractivity contribution in [1.29, 1.82) is 0 Å². The predicted molar refractivity (Wildman–Crippen MR) is 123 cm³/mol.